The zero-order chi connectivity index (χ0) is 88.9. The average molecular weight is 1720 g/mol. The number of hydrogen-bond donors (Lipinski definition) is 11. The Labute approximate surface area is 737 Å². The van der Waals surface area contributed by atoms with E-state index in [2.05, 4.69) is 56.8 Å². The number of oxazole rings is 4. The zero-order valence-electron chi connectivity index (χ0n) is 68.1. The molecule has 25 nitrogen and oxygen atoms in total. The first-order valence-corrected chi connectivity index (χ1v) is 41.0. The van der Waals surface area contributed by atoms with Gasteiger partial charge in [-0.3, -0.25) is 19.2 Å². The zero-order valence-corrected chi connectivity index (χ0v) is 68.9. The predicted octanol–water partition coefficient (Wildman–Crippen LogP) is 24.1. The number of fused-ring (bicyclic) bond motifs is 7. The molecule has 0 aliphatic rings. The van der Waals surface area contributed by atoms with Crippen LogP contribution in [0.15, 0.2) is 376 Å². The van der Waals surface area contributed by atoms with E-state index in [1.54, 1.807) is 121 Å². The molecule has 5 heterocycles. The molecule has 129 heavy (non-hydrogen) atoms. The lowest BCUT2D eigenvalue weighted by atomic mass is 10.0. The lowest BCUT2D eigenvalue weighted by Crippen LogP contribution is -2.19. The molecule has 21 rings (SSSR count). The summed E-state index contributed by atoms with van der Waals surface area (Å²) >= 11 is 1.51. The summed E-state index contributed by atoms with van der Waals surface area (Å²) in [4.78, 5) is 83.4. The van der Waals surface area contributed by atoms with E-state index in [9.17, 15) is 49.5 Å². The third-order valence-electron chi connectivity index (χ3n) is 20.1. The van der Waals surface area contributed by atoms with Crippen LogP contribution in [0.3, 0.4) is 0 Å². The van der Waals surface area contributed by atoms with Gasteiger partial charge in [-0.15, -0.1) is 11.3 Å². The lowest BCUT2D eigenvalue weighted by molar-refractivity contribution is -0.114. The van der Waals surface area contributed by atoms with Crippen molar-refractivity contribution in [2.24, 2.45) is 0 Å². The number of carbonyl (C=O) groups is 5. The molecule has 0 saturated heterocycles. The van der Waals surface area contributed by atoms with Crippen LogP contribution in [0.2, 0.25) is 0 Å². The summed E-state index contributed by atoms with van der Waals surface area (Å²) in [6, 6.07) is 106. The van der Waals surface area contributed by atoms with Crippen molar-refractivity contribution in [3.63, 3.8) is 0 Å². The highest BCUT2D eigenvalue weighted by Gasteiger charge is 2.22. The van der Waals surface area contributed by atoms with Crippen molar-refractivity contribution in [2.45, 2.75) is 6.92 Å². The maximum atomic E-state index is 12.9. The summed E-state index contributed by atoms with van der Waals surface area (Å²) in [6.07, 6.45) is 0. The van der Waals surface area contributed by atoms with E-state index in [0.29, 0.717) is 146 Å². The predicted molar refractivity (Wildman–Crippen MR) is 503 cm³/mol. The van der Waals surface area contributed by atoms with Crippen LogP contribution >= 0.6 is 11.3 Å². The Morgan fingerprint density at radius 3 is 0.977 bits per heavy atom. The molecule has 5 aromatic heterocycles. The summed E-state index contributed by atoms with van der Waals surface area (Å²) in [5.74, 6) is 0.631. The van der Waals surface area contributed by atoms with Crippen molar-refractivity contribution in [1.82, 2.24) is 24.9 Å². The monoisotopic (exact) mass is 1720 g/mol. The highest BCUT2D eigenvalue weighted by molar-refractivity contribution is 7.21. The van der Waals surface area contributed by atoms with E-state index in [0.717, 1.165) is 31.8 Å². The summed E-state index contributed by atoms with van der Waals surface area (Å²) in [5, 5.41) is 72.2. The van der Waals surface area contributed by atoms with E-state index in [1.165, 1.54) is 42.5 Å². The van der Waals surface area contributed by atoms with Gasteiger partial charge in [0.1, 0.15) is 55.8 Å². The Morgan fingerprint density at radius 1 is 0.271 bits per heavy atom. The Morgan fingerprint density at radius 2 is 0.581 bits per heavy atom. The van der Waals surface area contributed by atoms with Crippen LogP contribution in [-0.4, -0.2) is 80.1 Å². The fourth-order valence-electron chi connectivity index (χ4n) is 13.9. The van der Waals surface area contributed by atoms with Crippen LogP contribution < -0.4 is 31.9 Å². The molecule has 0 atom stereocenters. The van der Waals surface area contributed by atoms with Crippen molar-refractivity contribution in [1.29, 1.82) is 0 Å². The van der Waals surface area contributed by atoms with Crippen LogP contribution in [-0.2, 0) is 4.79 Å². The number of thiazole rings is 1. The minimum absolute atomic E-state index is 0.0190. The SMILES string of the molecule is CC(=O)Nc1ccc(O)c(-c2nc3ccccc3o2)c1.O=C(Nc1ccc(O)c(-c2nc3ccccc3o2)c1)c1cccc2ccccc12.O=C(Nc1ccc(O)c(-c2nc3ccccc3o2)c1)c1ccccc1.O=C(Nc1ccc(O)c(-c2nc3ccccc3s2)c1)c1cccc2ccccc12.O=C(Nc1ccccc1)Nc1ccc(O)c(-c2nc3ccccc3o2)c1. The Kier molecular flexibility index (Phi) is 24.4. The number of urea groups is 1. The molecule has 26 heteroatoms. The number of nitrogens with one attached hydrogen (secondary N) is 6. The van der Waals surface area contributed by atoms with Gasteiger partial charge in [0.2, 0.25) is 29.5 Å². The van der Waals surface area contributed by atoms with Crippen LogP contribution in [0.25, 0.3) is 133 Å². The maximum absolute atomic E-state index is 12.9. The quantitative estimate of drug-likeness (QED) is 0.0450. The second-order valence-corrected chi connectivity index (χ2v) is 30.0. The number of rotatable bonds is 14. The van der Waals surface area contributed by atoms with E-state index in [4.69, 9.17) is 17.7 Å². The van der Waals surface area contributed by atoms with Gasteiger partial charge in [0.15, 0.2) is 22.3 Å². The molecule has 0 bridgehead atoms. The van der Waals surface area contributed by atoms with Crippen molar-refractivity contribution in [3.8, 4) is 85.1 Å². The topological polar surface area (TPSA) is 376 Å². The van der Waals surface area contributed by atoms with E-state index >= 15 is 0 Å². The second-order valence-electron chi connectivity index (χ2n) is 29.0. The largest absolute Gasteiger partial charge is 0.507 e. The first-order valence-electron chi connectivity index (χ1n) is 40.2. The number of aromatic hydroxyl groups is 5. The minimum atomic E-state index is -0.384. The molecule has 630 valence electrons. The summed E-state index contributed by atoms with van der Waals surface area (Å²) in [5.41, 5.74) is 13.7. The van der Waals surface area contributed by atoms with Crippen LogP contribution in [0.5, 0.6) is 28.7 Å². The molecule has 0 aliphatic heterocycles. The third-order valence-corrected chi connectivity index (χ3v) is 21.2. The number of nitrogens with zero attached hydrogens (tertiary/aromatic N) is 5. The fourth-order valence-corrected chi connectivity index (χ4v) is 14.9. The van der Waals surface area contributed by atoms with E-state index in [-0.39, 0.29) is 64.3 Å². The Bertz CT molecular complexity index is 7380. The van der Waals surface area contributed by atoms with Gasteiger partial charge in [0, 0.05) is 57.7 Å². The Hall–Kier alpha value is -18.0. The first-order chi connectivity index (χ1) is 62.9. The standard InChI is InChI=1S/C24H16N2O3.C24H16N2O2S.C20H15N3O3.C20H14N2O3.C15H12N2O3/c2*27-21-13-12-16(14-19(21)24-26-20-10-3-4-11-22(20)29-24)25-23(28)18-9-5-7-15-6-1-2-8-17(15)18;24-17-11-10-14(22-20(25)21-13-6-2-1-3-7-13)12-15(17)19-23-16-8-4-5-9-18(16)26-19;23-17-11-10-14(21-19(24)13-6-2-1-3-7-13)12-15(17)20-22-16-8-4-5-9-18(16)25-20;1-9(18)16-10-6-7-13(19)11(8-10)15-17-12-4-2-3-5-14(12)20-15/h2*1-14,27H,(H,25,28);1-12,24H,(H2,21,22,25);1-12,23H,(H,21,24);2-8,19H,1H3,(H,16,18). The van der Waals surface area contributed by atoms with Crippen molar-refractivity contribution < 1.29 is 67.2 Å². The minimum Gasteiger partial charge on any atom is -0.507 e. The van der Waals surface area contributed by atoms with Crippen LogP contribution in [0.1, 0.15) is 38.0 Å². The third kappa shape index (κ3) is 19.6. The molecular formula is C103H73N11O14S. The summed E-state index contributed by atoms with van der Waals surface area (Å²) < 4.78 is 23.8. The molecule has 16 aromatic carbocycles. The van der Waals surface area contributed by atoms with Crippen molar-refractivity contribution in [3.05, 3.63) is 375 Å². The molecule has 0 aliphatic carbocycles. The molecule has 11 N–H and O–H groups in total. The number of carbonyl (C=O) groups excluding carboxylic acids is 5. The van der Waals surface area contributed by atoms with E-state index in [1.807, 2.05) is 212 Å². The first kappa shape index (κ1) is 83.2. The number of phenols is 5. The Balaban J connectivity index is 0.000000114. The van der Waals surface area contributed by atoms with Gasteiger partial charge in [-0.25, -0.2) is 29.7 Å². The van der Waals surface area contributed by atoms with Gasteiger partial charge in [0.05, 0.1) is 38.0 Å². The van der Waals surface area contributed by atoms with Gasteiger partial charge >= 0.3 is 6.03 Å². The molecule has 0 saturated carbocycles. The van der Waals surface area contributed by atoms with Gasteiger partial charge in [-0.1, -0.05) is 170 Å². The lowest BCUT2D eigenvalue weighted by Gasteiger charge is -2.10. The van der Waals surface area contributed by atoms with Gasteiger partial charge in [-0.05, 0) is 210 Å². The number of anilines is 6. The number of aromatic nitrogens is 5. The van der Waals surface area contributed by atoms with Crippen molar-refractivity contribution >= 4 is 151 Å². The van der Waals surface area contributed by atoms with Crippen LogP contribution in [0.4, 0.5) is 38.9 Å². The number of hydrogen-bond acceptors (Lipinski definition) is 20. The maximum Gasteiger partial charge on any atom is 0.323 e. The van der Waals surface area contributed by atoms with Gasteiger partial charge in [0.25, 0.3) is 17.7 Å². The van der Waals surface area contributed by atoms with Crippen molar-refractivity contribution in [2.75, 3.05) is 31.9 Å². The fraction of sp³-hybridized carbons (Fsp3) is 0.00971. The van der Waals surface area contributed by atoms with Crippen LogP contribution in [0, 0.1) is 0 Å². The normalized spacial score (nSPS) is 10.8. The molecule has 6 amide bonds. The summed E-state index contributed by atoms with van der Waals surface area (Å²) in [6.45, 7) is 1.42. The highest BCUT2D eigenvalue weighted by atomic mass is 32.1. The molecule has 0 fully saturated rings. The number of phenolic OH excluding ortho intramolecular Hbond substituents is 5. The highest BCUT2D eigenvalue weighted by Crippen LogP contribution is 2.41. The summed E-state index contributed by atoms with van der Waals surface area (Å²) in [7, 11) is 0. The van der Waals surface area contributed by atoms with Gasteiger partial charge in [-0.2, -0.15) is 0 Å². The van der Waals surface area contributed by atoms with E-state index < -0.39 is 0 Å². The molecule has 0 spiro atoms. The number of benzene rings is 16. The molecule has 0 radical (unpaired) electrons. The number of para-hydroxylation sites is 10. The average Bonchev–Trinajstić information content (AvgIpc) is 1.79. The molecular weight excluding hydrogens is 1650 g/mol. The molecule has 0 unspecified atom stereocenters. The smallest absolute Gasteiger partial charge is 0.323 e. The second kappa shape index (κ2) is 37.8. The molecule has 21 aromatic rings. The van der Waals surface area contributed by atoms with Gasteiger partial charge < -0.3 is 75.1 Å². The number of amides is 6.